The molecular weight excluding hydrogens is 965 g/mol. The smallest absolute Gasteiger partial charge is 0.266 e. The van der Waals surface area contributed by atoms with E-state index >= 15 is 0 Å². The maximum Gasteiger partial charge on any atom is 0.266 e. The first kappa shape index (κ1) is 53.4. The SMILES string of the molecule is COc1ccc(C(OC[C@H]2O[C@@H](n3cnc4c(N(Cc5ccc(F)cc5)C(=O)COc5ccccc5)ncnc43)[C@@H](OC)C2OP(OCCC#N)N(C(C)C)C(C)C)(c2ccccc2)c2ccc(OC)cc2)cc1. The molecule has 0 saturated carbocycles. The van der Waals surface area contributed by atoms with Crippen LogP contribution in [-0.2, 0) is 40.2 Å². The van der Waals surface area contributed by atoms with Crippen molar-refractivity contribution in [3.05, 3.63) is 174 Å². The van der Waals surface area contributed by atoms with Gasteiger partial charge in [0, 0.05) is 19.2 Å². The van der Waals surface area contributed by atoms with Crippen molar-refractivity contribution < 1.29 is 46.7 Å². The molecular formula is C56H61FN7O9P. The molecule has 5 atom stereocenters. The van der Waals surface area contributed by atoms with Crippen molar-refractivity contribution in [3.63, 3.8) is 0 Å². The first-order valence-electron chi connectivity index (χ1n) is 24.3. The second-order valence-corrected chi connectivity index (χ2v) is 19.3. The van der Waals surface area contributed by atoms with Crippen molar-refractivity contribution in [1.29, 1.82) is 5.26 Å². The van der Waals surface area contributed by atoms with Crippen molar-refractivity contribution >= 4 is 31.4 Å². The molecule has 2 unspecified atom stereocenters. The number of anilines is 1. The molecule has 386 valence electrons. The van der Waals surface area contributed by atoms with Crippen LogP contribution in [0.4, 0.5) is 10.2 Å². The number of hydrogen-bond acceptors (Lipinski definition) is 14. The second kappa shape index (κ2) is 24.9. The van der Waals surface area contributed by atoms with Gasteiger partial charge in [-0.25, -0.2) is 24.0 Å². The Morgan fingerprint density at radius 1 is 0.784 bits per heavy atom. The summed E-state index contributed by atoms with van der Waals surface area (Å²) in [6.07, 6.45) is -0.400. The van der Waals surface area contributed by atoms with Crippen LogP contribution >= 0.6 is 8.53 Å². The van der Waals surface area contributed by atoms with Crippen LogP contribution in [0, 0.1) is 17.1 Å². The molecule has 16 nitrogen and oxygen atoms in total. The summed E-state index contributed by atoms with van der Waals surface area (Å²) in [4.78, 5) is 29.9. The molecule has 8 rings (SSSR count). The summed E-state index contributed by atoms with van der Waals surface area (Å²) in [6, 6.07) is 42.5. The normalized spacial score (nSPS) is 17.2. The van der Waals surface area contributed by atoms with E-state index in [1.165, 1.54) is 23.4 Å². The number of benzene rings is 5. The van der Waals surface area contributed by atoms with E-state index in [1.807, 2.05) is 97.1 Å². The van der Waals surface area contributed by atoms with Gasteiger partial charge in [0.1, 0.15) is 53.3 Å². The number of halogens is 1. The highest BCUT2D eigenvalue weighted by Crippen LogP contribution is 2.51. The highest BCUT2D eigenvalue weighted by molar-refractivity contribution is 7.44. The molecule has 5 aromatic carbocycles. The first-order valence-corrected chi connectivity index (χ1v) is 25.4. The lowest BCUT2D eigenvalue weighted by atomic mass is 9.80. The molecule has 0 radical (unpaired) electrons. The molecule has 0 spiro atoms. The Morgan fingerprint density at radius 2 is 1.39 bits per heavy atom. The van der Waals surface area contributed by atoms with Crippen molar-refractivity contribution in [2.45, 2.75) is 82.9 Å². The summed E-state index contributed by atoms with van der Waals surface area (Å²) in [5.41, 5.74) is 2.52. The van der Waals surface area contributed by atoms with Gasteiger partial charge in [0.15, 0.2) is 29.8 Å². The first-order chi connectivity index (χ1) is 36.0. The molecule has 0 aliphatic carbocycles. The third kappa shape index (κ3) is 11.9. The van der Waals surface area contributed by atoms with Gasteiger partial charge in [-0.15, -0.1) is 0 Å². The fourth-order valence-electron chi connectivity index (χ4n) is 9.14. The Labute approximate surface area is 432 Å². The molecule has 74 heavy (non-hydrogen) atoms. The van der Waals surface area contributed by atoms with Gasteiger partial charge in [-0.3, -0.25) is 14.3 Å². The van der Waals surface area contributed by atoms with E-state index in [4.69, 9.17) is 47.4 Å². The highest BCUT2D eigenvalue weighted by Gasteiger charge is 2.51. The summed E-state index contributed by atoms with van der Waals surface area (Å²) in [6.45, 7) is 8.06. The largest absolute Gasteiger partial charge is 0.497 e. The van der Waals surface area contributed by atoms with E-state index in [0.717, 1.165) is 16.7 Å². The van der Waals surface area contributed by atoms with Gasteiger partial charge in [-0.2, -0.15) is 5.26 Å². The van der Waals surface area contributed by atoms with E-state index < -0.39 is 50.4 Å². The van der Waals surface area contributed by atoms with Crippen LogP contribution in [0.15, 0.2) is 146 Å². The van der Waals surface area contributed by atoms with E-state index in [0.29, 0.717) is 28.5 Å². The minimum Gasteiger partial charge on any atom is -0.497 e. The fraction of sp³-hybridized carbons (Fsp3) is 0.339. The maximum absolute atomic E-state index is 14.3. The lowest BCUT2D eigenvalue weighted by Crippen LogP contribution is -2.42. The summed E-state index contributed by atoms with van der Waals surface area (Å²) >= 11 is 0. The van der Waals surface area contributed by atoms with Gasteiger partial charge < -0.3 is 37.5 Å². The number of nitrogens with zero attached hydrogens (tertiary/aromatic N) is 7. The van der Waals surface area contributed by atoms with Crippen LogP contribution in [0.3, 0.4) is 0 Å². The maximum atomic E-state index is 14.3. The number of amides is 1. The van der Waals surface area contributed by atoms with Gasteiger partial charge >= 0.3 is 0 Å². The minimum atomic E-state index is -1.84. The monoisotopic (exact) mass is 1030 g/mol. The van der Waals surface area contributed by atoms with E-state index in [2.05, 4.69) is 43.4 Å². The molecule has 2 aromatic heterocycles. The van der Waals surface area contributed by atoms with E-state index in [1.54, 1.807) is 56.5 Å². The van der Waals surface area contributed by atoms with Crippen LogP contribution in [0.1, 0.15) is 62.6 Å². The standard InChI is InChI=1S/C56H61FN7O9P/c1-38(2)64(39(3)4)74(71-32-14-31-58)73-51-48(34-70-56(41-15-10-8-11-16-41,42-21-27-45(66-5)28-22-42)43-23-29-46(67-6)30-24-43)72-55(52(51)68-7)63-37-61-50-53(59-36-60-54(50)63)62(33-40-19-25-44(57)26-20-40)49(65)35-69-47-17-12-9-13-18-47/h8-13,15-30,36-39,48,51-52,55H,14,32-35H2,1-7H3/t48-,51?,52+,55-,74?/m1/s1. The second-order valence-electron chi connectivity index (χ2n) is 17.9. The summed E-state index contributed by atoms with van der Waals surface area (Å²) in [5.74, 6) is 1.23. The lowest BCUT2D eigenvalue weighted by molar-refractivity contribution is -0.120. The predicted octanol–water partition coefficient (Wildman–Crippen LogP) is 10.2. The van der Waals surface area contributed by atoms with Crippen molar-refractivity contribution in [1.82, 2.24) is 24.2 Å². The summed E-state index contributed by atoms with van der Waals surface area (Å²) < 4.78 is 69.9. The van der Waals surface area contributed by atoms with Crippen molar-refractivity contribution in [2.24, 2.45) is 0 Å². The van der Waals surface area contributed by atoms with Crippen LogP contribution in [-0.4, -0.2) is 102 Å². The molecule has 1 amide bonds. The van der Waals surface area contributed by atoms with E-state index in [9.17, 15) is 14.4 Å². The number of imidazole rings is 1. The summed E-state index contributed by atoms with van der Waals surface area (Å²) in [5, 5.41) is 9.59. The zero-order valence-corrected chi connectivity index (χ0v) is 43.4. The number of fused-ring (bicyclic) bond motifs is 1. The third-order valence-electron chi connectivity index (χ3n) is 12.6. The lowest BCUT2D eigenvalue weighted by Gasteiger charge is -2.39. The van der Waals surface area contributed by atoms with E-state index in [-0.39, 0.29) is 56.2 Å². The Morgan fingerprint density at radius 3 is 1.97 bits per heavy atom. The van der Waals surface area contributed by atoms with Gasteiger partial charge in [-0.1, -0.05) is 84.9 Å². The molecule has 18 heteroatoms. The molecule has 7 aromatic rings. The number of rotatable bonds is 24. The fourth-order valence-corrected chi connectivity index (χ4v) is 10.9. The number of carbonyl (C=O) groups excluding carboxylic acids is 1. The number of aromatic nitrogens is 4. The number of methoxy groups -OCH3 is 3. The average Bonchev–Trinajstić information content (AvgIpc) is 4.02. The summed E-state index contributed by atoms with van der Waals surface area (Å²) in [7, 11) is 3.00. The molecule has 1 fully saturated rings. The Bertz CT molecular complexity index is 2870. The number of para-hydroxylation sites is 1. The molecule has 3 heterocycles. The van der Waals surface area contributed by atoms with Gasteiger partial charge in [0.25, 0.3) is 14.4 Å². The number of carbonyl (C=O) groups is 1. The minimum absolute atomic E-state index is 0.0146. The Balaban J connectivity index is 1.23. The van der Waals surface area contributed by atoms with Crippen molar-refractivity contribution in [3.8, 4) is 23.3 Å². The topological polar surface area (TPSA) is 165 Å². The Hall–Kier alpha value is -6.87. The highest BCUT2D eigenvalue weighted by atomic mass is 31.2. The quantitative estimate of drug-likeness (QED) is 0.0319. The average molecular weight is 1030 g/mol. The number of ether oxygens (including phenoxy) is 6. The third-order valence-corrected chi connectivity index (χ3v) is 14.7. The van der Waals surface area contributed by atoms with Crippen LogP contribution in [0.5, 0.6) is 17.2 Å². The number of hydrogen-bond donors (Lipinski definition) is 0. The predicted molar refractivity (Wildman–Crippen MR) is 278 cm³/mol. The molecule has 1 saturated heterocycles. The molecule has 0 N–H and O–H groups in total. The molecule has 0 bridgehead atoms. The van der Waals surface area contributed by atoms with Crippen LogP contribution in [0.25, 0.3) is 11.2 Å². The van der Waals surface area contributed by atoms with Gasteiger partial charge in [0.05, 0.1) is 52.8 Å². The van der Waals surface area contributed by atoms with Gasteiger partial charge in [0.2, 0.25) is 0 Å². The molecule has 1 aliphatic rings. The van der Waals surface area contributed by atoms with Crippen molar-refractivity contribution in [2.75, 3.05) is 46.0 Å². The van der Waals surface area contributed by atoms with Crippen LogP contribution < -0.4 is 19.1 Å². The molecule has 1 aliphatic heterocycles. The zero-order chi connectivity index (χ0) is 52.2. The Kier molecular flexibility index (Phi) is 18.0. The van der Waals surface area contributed by atoms with Crippen LogP contribution in [0.2, 0.25) is 0 Å². The zero-order valence-electron chi connectivity index (χ0n) is 42.5. The number of nitriles is 1. The van der Waals surface area contributed by atoms with Gasteiger partial charge in [-0.05, 0) is 98.5 Å².